The molecule has 0 saturated heterocycles. The topological polar surface area (TPSA) is 0 Å². The fourth-order valence-electron chi connectivity index (χ4n) is 2.48. The van der Waals surface area contributed by atoms with Crippen molar-refractivity contribution in [3.8, 4) is 0 Å². The normalized spacial score (nSPS) is 12.5. The summed E-state index contributed by atoms with van der Waals surface area (Å²) in [6, 6.07) is 13.3. The molecule has 0 heterocycles. The second-order valence-electron chi connectivity index (χ2n) is 6.00. The molecule has 0 aromatic heterocycles. The van der Waals surface area contributed by atoms with Crippen molar-refractivity contribution < 1.29 is 13.2 Å². The molecule has 0 bridgehead atoms. The summed E-state index contributed by atoms with van der Waals surface area (Å²) in [7, 11) is 0. The van der Waals surface area contributed by atoms with Crippen LogP contribution >= 0.6 is 24.0 Å². The smallest absolute Gasteiger partial charge is 0.166 e. The van der Waals surface area contributed by atoms with Crippen LogP contribution in [0.2, 0.25) is 5.02 Å². The van der Waals surface area contributed by atoms with Gasteiger partial charge in [-0.2, -0.15) is 13.2 Å². The van der Waals surface area contributed by atoms with E-state index >= 15 is 0 Å². The minimum Gasteiger partial charge on any atom is -0.166 e. The van der Waals surface area contributed by atoms with Gasteiger partial charge in [0.15, 0.2) is 0 Å². The lowest BCUT2D eigenvalue weighted by Crippen LogP contribution is -2.05. The molecule has 132 valence electrons. The first kappa shape index (κ1) is 20.9. The molecule has 0 aliphatic carbocycles. The molecule has 0 radical (unpaired) electrons. The van der Waals surface area contributed by atoms with Gasteiger partial charge in [-0.3, -0.25) is 0 Å². The van der Waals surface area contributed by atoms with Gasteiger partial charge < -0.3 is 0 Å². The quantitative estimate of drug-likeness (QED) is 0.509. The molecule has 1 atom stereocenters. The Kier molecular flexibility index (Phi) is 8.11. The summed E-state index contributed by atoms with van der Waals surface area (Å²) < 4.78 is 37.5. The molecule has 0 saturated carbocycles. The van der Waals surface area contributed by atoms with Crippen LogP contribution < -0.4 is 0 Å². The summed E-state index contributed by atoms with van der Waals surface area (Å²) in [4.78, 5) is 0. The maximum atomic E-state index is 12.5. The van der Waals surface area contributed by atoms with Crippen LogP contribution in [0.5, 0.6) is 0 Å². The largest absolute Gasteiger partial charge is 0.416 e. The van der Waals surface area contributed by atoms with Gasteiger partial charge in [-0.05, 0) is 67.0 Å². The fourth-order valence-corrected chi connectivity index (χ4v) is 2.61. The lowest BCUT2D eigenvalue weighted by atomic mass is 9.94. The zero-order chi connectivity index (χ0) is 16.9. The van der Waals surface area contributed by atoms with Crippen molar-refractivity contribution in [3.63, 3.8) is 0 Å². The van der Waals surface area contributed by atoms with Crippen molar-refractivity contribution in [3.05, 3.63) is 70.2 Å². The number of hydrogen-bond donors (Lipinski definition) is 0. The number of aryl methyl sites for hydroxylation is 2. The molecule has 2 aromatic rings. The summed E-state index contributed by atoms with van der Waals surface area (Å²) in [6.45, 7) is 2.18. The molecule has 0 amide bonds. The Balaban J connectivity index is 0.00000288. The summed E-state index contributed by atoms with van der Waals surface area (Å²) in [5, 5.41) is 0.740. The average Bonchev–Trinajstić information content (AvgIpc) is 2.52. The Labute approximate surface area is 152 Å². The first-order chi connectivity index (χ1) is 10.8. The predicted molar refractivity (Wildman–Crippen MR) is 96.0 cm³/mol. The first-order valence-electron chi connectivity index (χ1n) is 7.75. The molecule has 2 rings (SSSR count). The molecule has 2 aromatic carbocycles. The third-order valence-corrected chi connectivity index (χ3v) is 4.30. The Morgan fingerprint density at radius 1 is 0.833 bits per heavy atom. The molecule has 0 nitrogen and oxygen atoms in total. The average molecular weight is 377 g/mol. The molecular weight excluding hydrogens is 356 g/mol. The highest BCUT2D eigenvalue weighted by atomic mass is 35.5. The number of hydrogen-bond acceptors (Lipinski definition) is 0. The van der Waals surface area contributed by atoms with Crippen molar-refractivity contribution in [2.24, 2.45) is 5.92 Å². The van der Waals surface area contributed by atoms with E-state index < -0.39 is 11.7 Å². The molecule has 5 heteroatoms. The summed E-state index contributed by atoms with van der Waals surface area (Å²) in [5.74, 6) is 0.521. The zero-order valence-electron chi connectivity index (χ0n) is 13.4. The van der Waals surface area contributed by atoms with E-state index in [0.717, 1.165) is 48.4 Å². The van der Waals surface area contributed by atoms with E-state index in [1.54, 1.807) is 12.1 Å². The summed E-state index contributed by atoms with van der Waals surface area (Å²) in [5.41, 5.74) is 1.63. The maximum Gasteiger partial charge on any atom is 0.416 e. The van der Waals surface area contributed by atoms with Crippen LogP contribution in [0, 0.1) is 5.92 Å². The highest BCUT2D eigenvalue weighted by molar-refractivity contribution is 6.30. The van der Waals surface area contributed by atoms with Crippen LogP contribution in [0.3, 0.4) is 0 Å². The molecule has 24 heavy (non-hydrogen) atoms. The van der Waals surface area contributed by atoms with Crippen LogP contribution in [0.4, 0.5) is 13.2 Å². The van der Waals surface area contributed by atoms with Gasteiger partial charge in [-0.15, -0.1) is 12.4 Å². The number of alkyl halides is 3. The van der Waals surface area contributed by atoms with Crippen molar-refractivity contribution in [1.29, 1.82) is 0 Å². The van der Waals surface area contributed by atoms with Crippen molar-refractivity contribution in [1.82, 2.24) is 0 Å². The molecule has 0 fully saturated rings. The van der Waals surface area contributed by atoms with E-state index in [1.165, 1.54) is 5.56 Å². The molecule has 0 unspecified atom stereocenters. The third kappa shape index (κ3) is 6.74. The summed E-state index contributed by atoms with van der Waals surface area (Å²) >= 11 is 5.86. The predicted octanol–water partition coefficient (Wildman–Crippen LogP) is 6.98. The monoisotopic (exact) mass is 376 g/mol. The van der Waals surface area contributed by atoms with Crippen LogP contribution in [-0.4, -0.2) is 0 Å². The lowest BCUT2D eigenvalue weighted by Gasteiger charge is -2.12. The molecule has 0 N–H and O–H groups in total. The van der Waals surface area contributed by atoms with Gasteiger partial charge in [0.2, 0.25) is 0 Å². The maximum absolute atomic E-state index is 12.5. The van der Waals surface area contributed by atoms with Crippen LogP contribution in [0.15, 0.2) is 48.5 Å². The number of benzene rings is 2. The van der Waals surface area contributed by atoms with E-state index in [4.69, 9.17) is 11.6 Å². The van der Waals surface area contributed by atoms with E-state index in [-0.39, 0.29) is 12.4 Å². The second-order valence-corrected chi connectivity index (χ2v) is 6.44. The van der Waals surface area contributed by atoms with Gasteiger partial charge in [0.1, 0.15) is 0 Å². The Morgan fingerprint density at radius 3 is 1.67 bits per heavy atom. The third-order valence-electron chi connectivity index (χ3n) is 4.05. The molecule has 0 spiro atoms. The van der Waals surface area contributed by atoms with Crippen molar-refractivity contribution in [2.75, 3.05) is 0 Å². The van der Waals surface area contributed by atoms with Crippen LogP contribution in [-0.2, 0) is 19.0 Å². The van der Waals surface area contributed by atoms with E-state index in [2.05, 4.69) is 6.92 Å². The summed E-state index contributed by atoms with van der Waals surface area (Å²) in [6.07, 6.45) is -0.434. The Morgan fingerprint density at radius 2 is 1.25 bits per heavy atom. The fraction of sp³-hybridized carbons (Fsp3) is 0.368. The number of halogens is 5. The van der Waals surface area contributed by atoms with Gasteiger partial charge in [0.25, 0.3) is 0 Å². The Bertz CT molecular complexity index is 604. The van der Waals surface area contributed by atoms with Gasteiger partial charge in [-0.25, -0.2) is 0 Å². The highest BCUT2D eigenvalue weighted by Gasteiger charge is 2.29. The molecule has 0 aliphatic rings. The lowest BCUT2D eigenvalue weighted by molar-refractivity contribution is -0.137. The van der Waals surface area contributed by atoms with Crippen LogP contribution in [0.1, 0.15) is 36.5 Å². The number of rotatable bonds is 6. The van der Waals surface area contributed by atoms with Crippen molar-refractivity contribution in [2.45, 2.75) is 38.8 Å². The zero-order valence-corrected chi connectivity index (χ0v) is 15.0. The van der Waals surface area contributed by atoms with Gasteiger partial charge in [0.05, 0.1) is 5.56 Å². The van der Waals surface area contributed by atoms with E-state index in [9.17, 15) is 13.2 Å². The van der Waals surface area contributed by atoms with Crippen LogP contribution in [0.25, 0.3) is 0 Å². The first-order valence-corrected chi connectivity index (χ1v) is 8.13. The second kappa shape index (κ2) is 9.33. The van der Waals surface area contributed by atoms with Gasteiger partial charge in [0, 0.05) is 5.02 Å². The highest BCUT2D eigenvalue weighted by Crippen LogP contribution is 2.29. The van der Waals surface area contributed by atoms with E-state index in [0.29, 0.717) is 5.92 Å². The van der Waals surface area contributed by atoms with E-state index in [1.807, 2.05) is 24.3 Å². The standard InChI is InChI=1S/C19H20ClF3.ClH/c1-14(3-5-16-8-12-18(20)13-9-16)2-4-15-6-10-17(11-7-15)19(21,22)23;/h6-14H,2-5H2,1H3;1H/t14-;/m0./s1. The van der Waals surface area contributed by atoms with Gasteiger partial charge >= 0.3 is 6.18 Å². The molecule has 0 aliphatic heterocycles. The SMILES string of the molecule is C[C@H](CCc1ccc(Cl)cc1)CCc1ccc(C(F)(F)F)cc1.Cl. The van der Waals surface area contributed by atoms with Crippen molar-refractivity contribution >= 4 is 24.0 Å². The minimum absolute atomic E-state index is 0. The molecular formula is C19H21Cl2F3. The minimum atomic E-state index is -4.26. The van der Waals surface area contributed by atoms with Gasteiger partial charge in [-0.1, -0.05) is 42.8 Å². The Hall–Kier alpha value is -1.19.